The first-order valence-electron chi connectivity index (χ1n) is 18.7. The van der Waals surface area contributed by atoms with E-state index >= 15 is 0 Å². The van der Waals surface area contributed by atoms with Gasteiger partial charge in [0.25, 0.3) is 0 Å². The molecule has 4 heterocycles. The van der Waals surface area contributed by atoms with Gasteiger partial charge in [-0.15, -0.1) is 0 Å². The molecule has 2 amide bonds. The Morgan fingerprint density at radius 2 is 1.48 bits per heavy atom. The van der Waals surface area contributed by atoms with Gasteiger partial charge >= 0.3 is 5.97 Å². The van der Waals surface area contributed by atoms with E-state index in [4.69, 9.17) is 9.97 Å². The van der Waals surface area contributed by atoms with Crippen molar-refractivity contribution in [3.63, 3.8) is 0 Å². The van der Waals surface area contributed by atoms with Gasteiger partial charge in [-0.3, -0.25) is 14.6 Å². The van der Waals surface area contributed by atoms with Crippen molar-refractivity contribution in [1.29, 1.82) is 0 Å². The third-order valence-corrected chi connectivity index (χ3v) is 9.87. The minimum atomic E-state index is -1.13. The van der Waals surface area contributed by atoms with Crippen molar-refractivity contribution in [3.05, 3.63) is 81.4 Å². The Morgan fingerprint density at radius 3 is 2.06 bits per heavy atom. The predicted molar refractivity (Wildman–Crippen MR) is 219 cm³/mol. The molecule has 0 saturated carbocycles. The van der Waals surface area contributed by atoms with Crippen molar-refractivity contribution >= 4 is 51.0 Å². The number of carboxylic acids is 1. The van der Waals surface area contributed by atoms with Crippen molar-refractivity contribution in [3.8, 4) is 0 Å². The van der Waals surface area contributed by atoms with Crippen LogP contribution in [0.2, 0.25) is 0 Å². The molecule has 5 N–H and O–H groups in total. The van der Waals surface area contributed by atoms with Crippen molar-refractivity contribution in [2.75, 3.05) is 54.4 Å². The molecule has 12 heteroatoms. The number of carbonyl (C=O) groups is 3. The first-order chi connectivity index (χ1) is 25.6. The molecule has 0 atom stereocenters. The number of aromatic amines is 2. The molecule has 0 spiro atoms. The zero-order valence-corrected chi connectivity index (χ0v) is 33.7. The smallest absolute Gasteiger partial charge is 0.338 e. The van der Waals surface area contributed by atoms with Crippen LogP contribution in [-0.4, -0.2) is 107 Å². The molecule has 12 nitrogen and oxygen atoms in total. The fourth-order valence-corrected chi connectivity index (χ4v) is 6.66. The van der Waals surface area contributed by atoms with Crippen LogP contribution in [0.3, 0.4) is 0 Å². The fourth-order valence-electron chi connectivity index (χ4n) is 6.66. The van der Waals surface area contributed by atoms with E-state index in [9.17, 15) is 19.5 Å². The Bertz CT molecular complexity index is 2100. The lowest BCUT2D eigenvalue weighted by Gasteiger charge is -2.14. The van der Waals surface area contributed by atoms with Crippen LogP contribution < -0.4 is 10.6 Å². The average Bonchev–Trinajstić information content (AvgIpc) is 3.69. The van der Waals surface area contributed by atoms with Crippen molar-refractivity contribution in [1.82, 2.24) is 40.4 Å². The Balaban J connectivity index is 2.20. The van der Waals surface area contributed by atoms with Crippen LogP contribution in [0.4, 0.5) is 0 Å². The molecular weight excluding hydrogens is 681 g/mol. The SMILES string of the molecule is C=CC1=C(C)c2cc(C(C)C)nc(CCC(=O)NCCN(C)C)c(CC(=O)NCCN(C)C)c3[nH]c(cc4[nH]c(cc1n2)c(C)c4CC)c(C)c3C(=O)O. The fraction of sp³-hybridized carbons (Fsp3) is 0.452. The molecular formula is C42H58N8O4. The molecule has 0 saturated heterocycles. The topological polar surface area (TPSA) is 159 Å². The summed E-state index contributed by atoms with van der Waals surface area (Å²) in [5.41, 5.74) is 10.3. The van der Waals surface area contributed by atoms with E-state index < -0.39 is 5.97 Å². The van der Waals surface area contributed by atoms with Crippen molar-refractivity contribution in [2.24, 2.45) is 0 Å². The van der Waals surface area contributed by atoms with E-state index in [1.165, 1.54) is 0 Å². The second-order valence-corrected chi connectivity index (χ2v) is 14.8. The second kappa shape index (κ2) is 18.3. The number of nitrogens with one attached hydrogen (secondary N) is 4. The van der Waals surface area contributed by atoms with Crippen LogP contribution in [0.25, 0.3) is 33.2 Å². The molecule has 0 aliphatic carbocycles. The van der Waals surface area contributed by atoms with E-state index in [0.717, 1.165) is 51.1 Å². The molecule has 0 aromatic carbocycles. The van der Waals surface area contributed by atoms with Gasteiger partial charge in [0.15, 0.2) is 0 Å². The number of hydrogen-bond acceptors (Lipinski definition) is 7. The molecule has 1 aliphatic heterocycles. The highest BCUT2D eigenvalue weighted by Gasteiger charge is 2.23. The maximum absolute atomic E-state index is 13.7. The van der Waals surface area contributed by atoms with Crippen LogP contribution in [0.15, 0.2) is 30.9 Å². The number of carboxylic acid groups (broad SMARTS) is 1. The minimum absolute atomic E-state index is 0.0568. The molecule has 3 aromatic heterocycles. The van der Waals surface area contributed by atoms with Gasteiger partial charge in [0.05, 0.1) is 28.9 Å². The summed E-state index contributed by atoms with van der Waals surface area (Å²) in [6.45, 7) is 18.3. The van der Waals surface area contributed by atoms with Gasteiger partial charge in [0.2, 0.25) is 11.8 Å². The molecule has 1 aliphatic rings. The number of fused-ring (bicyclic) bond motifs is 6. The normalized spacial score (nSPS) is 12.2. The first kappa shape index (κ1) is 41.7. The van der Waals surface area contributed by atoms with Crippen LogP contribution in [0.1, 0.15) is 95.4 Å². The highest BCUT2D eigenvalue weighted by molar-refractivity contribution is 6.03. The van der Waals surface area contributed by atoms with Crippen LogP contribution in [0.5, 0.6) is 0 Å². The summed E-state index contributed by atoms with van der Waals surface area (Å²) in [4.78, 5) is 61.4. The highest BCUT2D eigenvalue weighted by atomic mass is 16.4. The molecule has 54 heavy (non-hydrogen) atoms. The van der Waals surface area contributed by atoms with Gasteiger partial charge < -0.3 is 35.5 Å². The number of aromatic carboxylic acids is 1. The average molecular weight is 739 g/mol. The number of aromatic nitrogens is 4. The number of likely N-dealkylation sites (N-methyl/N-ethyl adjacent to an activating group) is 2. The Kier molecular flexibility index (Phi) is 14.1. The third-order valence-electron chi connectivity index (χ3n) is 9.87. The molecule has 4 rings (SSSR count). The third kappa shape index (κ3) is 9.91. The summed E-state index contributed by atoms with van der Waals surface area (Å²) >= 11 is 0. The van der Waals surface area contributed by atoms with Gasteiger partial charge in [0, 0.05) is 71.7 Å². The molecule has 0 radical (unpaired) electrons. The number of rotatable bonds is 15. The summed E-state index contributed by atoms with van der Waals surface area (Å²) < 4.78 is 0. The zero-order chi connectivity index (χ0) is 39.9. The Labute approximate surface area is 319 Å². The summed E-state index contributed by atoms with van der Waals surface area (Å²) in [7, 11) is 7.73. The molecule has 6 bridgehead atoms. The lowest BCUT2D eigenvalue weighted by atomic mass is 10.0. The largest absolute Gasteiger partial charge is 0.478 e. The number of aryl methyl sites for hydroxylation is 4. The molecule has 0 unspecified atom stereocenters. The van der Waals surface area contributed by atoms with E-state index in [-0.39, 0.29) is 42.6 Å². The van der Waals surface area contributed by atoms with Crippen molar-refractivity contribution in [2.45, 2.75) is 73.1 Å². The van der Waals surface area contributed by atoms with Crippen LogP contribution in [0, 0.1) is 13.8 Å². The van der Waals surface area contributed by atoms with E-state index in [2.05, 4.69) is 41.0 Å². The maximum atomic E-state index is 13.7. The van der Waals surface area contributed by atoms with Gasteiger partial charge in [0.1, 0.15) is 0 Å². The number of carbonyl (C=O) groups excluding carboxylic acids is 2. The van der Waals surface area contributed by atoms with E-state index in [1.54, 1.807) is 6.92 Å². The minimum Gasteiger partial charge on any atom is -0.478 e. The van der Waals surface area contributed by atoms with E-state index in [1.807, 2.05) is 83.0 Å². The lowest BCUT2D eigenvalue weighted by Crippen LogP contribution is -2.33. The number of hydrogen-bond donors (Lipinski definition) is 5. The lowest BCUT2D eigenvalue weighted by molar-refractivity contribution is -0.121. The number of nitrogens with zero attached hydrogens (tertiary/aromatic N) is 4. The van der Waals surface area contributed by atoms with Gasteiger partial charge in [-0.05, 0) is 108 Å². The number of H-pyrrole nitrogens is 2. The van der Waals surface area contributed by atoms with Crippen molar-refractivity contribution < 1.29 is 19.5 Å². The van der Waals surface area contributed by atoms with Gasteiger partial charge in [-0.2, -0.15) is 0 Å². The quantitative estimate of drug-likeness (QED) is 0.128. The second-order valence-electron chi connectivity index (χ2n) is 14.8. The standard InChI is InChI=1S/C42H58N8O4/c1-12-28-25(5)33-21-32(24(3)4)45-31(14-15-38(51)43-16-18-49(8)9)30(20-39(52)44-17-19-50(10)11)41-40(42(53)54)27(7)35(48-41)23-37-29(13-2)26(6)34(47-37)22-36(28)46-33/h12,21-24,47-48H,1,13-20H2,2-11H3,(H,43,51)(H,44,52)(H,53,54). The summed E-state index contributed by atoms with van der Waals surface area (Å²) in [6.07, 6.45) is 2.66. The summed E-state index contributed by atoms with van der Waals surface area (Å²) in [6, 6.07) is 5.92. The monoisotopic (exact) mass is 738 g/mol. The van der Waals surface area contributed by atoms with Crippen LogP contribution in [-0.2, 0) is 28.9 Å². The zero-order valence-electron chi connectivity index (χ0n) is 33.7. The predicted octanol–water partition coefficient (Wildman–Crippen LogP) is 5.95. The Morgan fingerprint density at radius 1 is 0.852 bits per heavy atom. The highest BCUT2D eigenvalue weighted by Crippen LogP contribution is 2.33. The Hall–Kier alpha value is -5.07. The van der Waals surface area contributed by atoms with Crippen LogP contribution >= 0.6 is 0 Å². The molecule has 0 fully saturated rings. The van der Waals surface area contributed by atoms with E-state index in [0.29, 0.717) is 59.7 Å². The number of amides is 2. The first-order valence-corrected chi connectivity index (χ1v) is 18.7. The number of allylic oxidation sites excluding steroid dienone is 3. The van der Waals surface area contributed by atoms with Gasteiger partial charge in [-0.25, -0.2) is 9.78 Å². The summed E-state index contributed by atoms with van der Waals surface area (Å²) in [5.74, 6) is -1.67. The van der Waals surface area contributed by atoms with Gasteiger partial charge in [-0.1, -0.05) is 33.4 Å². The molecule has 3 aromatic rings. The maximum Gasteiger partial charge on any atom is 0.338 e. The summed E-state index contributed by atoms with van der Waals surface area (Å²) in [5, 5.41) is 16.7. The molecule has 290 valence electrons.